The molecule has 0 unspecified atom stereocenters. The van der Waals surface area contributed by atoms with E-state index in [-0.39, 0.29) is 17.2 Å². The number of halogens is 1. The number of nitrogens with zero attached hydrogens (tertiary/aromatic N) is 2. The average molecular weight is 450 g/mol. The number of hydrogen-bond donors (Lipinski definition) is 1. The zero-order valence-corrected chi connectivity index (χ0v) is 18.2. The zero-order chi connectivity index (χ0) is 21.6. The van der Waals surface area contributed by atoms with Crippen LogP contribution in [0.5, 0.6) is 0 Å². The van der Waals surface area contributed by atoms with Crippen LogP contribution in [-0.2, 0) is 17.8 Å². The average Bonchev–Trinajstić information content (AvgIpc) is 2.79. The third-order valence-corrected chi connectivity index (χ3v) is 6.08. The second-order valence-corrected chi connectivity index (χ2v) is 8.27. The van der Waals surface area contributed by atoms with Gasteiger partial charge in [-0.25, -0.2) is 4.98 Å². The van der Waals surface area contributed by atoms with Gasteiger partial charge in [-0.1, -0.05) is 78.0 Å². The van der Waals surface area contributed by atoms with Gasteiger partial charge in [0.05, 0.1) is 27.4 Å². The largest absolute Gasteiger partial charge is 0.324 e. The maximum absolute atomic E-state index is 13.1. The lowest BCUT2D eigenvalue weighted by Gasteiger charge is -2.13. The molecule has 0 atom stereocenters. The van der Waals surface area contributed by atoms with Crippen molar-refractivity contribution in [2.45, 2.75) is 18.1 Å². The minimum atomic E-state index is -0.213. The number of benzene rings is 3. The minimum Gasteiger partial charge on any atom is -0.324 e. The molecule has 0 bridgehead atoms. The summed E-state index contributed by atoms with van der Waals surface area (Å²) in [5.74, 6) is -0.100. The van der Waals surface area contributed by atoms with E-state index in [0.717, 1.165) is 5.56 Å². The van der Waals surface area contributed by atoms with Gasteiger partial charge < -0.3 is 5.32 Å². The number of aryl methyl sites for hydroxylation is 1. The Morgan fingerprint density at radius 2 is 1.68 bits per heavy atom. The quantitative estimate of drug-likeness (QED) is 0.317. The third kappa shape index (κ3) is 5.16. The van der Waals surface area contributed by atoms with Gasteiger partial charge in [0.1, 0.15) is 0 Å². The van der Waals surface area contributed by atoms with Crippen molar-refractivity contribution in [1.82, 2.24) is 9.55 Å². The molecule has 3 aromatic carbocycles. The molecule has 4 rings (SSSR count). The number of nitrogens with one attached hydrogen (secondary N) is 1. The summed E-state index contributed by atoms with van der Waals surface area (Å²) < 4.78 is 1.66. The number of rotatable bonds is 7. The van der Waals surface area contributed by atoms with E-state index >= 15 is 0 Å². The van der Waals surface area contributed by atoms with Crippen LogP contribution in [0.1, 0.15) is 5.56 Å². The molecule has 0 saturated heterocycles. The highest BCUT2D eigenvalue weighted by Crippen LogP contribution is 2.22. The molecule has 1 heterocycles. The van der Waals surface area contributed by atoms with Gasteiger partial charge in [-0.2, -0.15) is 0 Å². The van der Waals surface area contributed by atoms with E-state index in [1.54, 1.807) is 34.9 Å². The van der Waals surface area contributed by atoms with E-state index in [9.17, 15) is 9.59 Å². The second-order valence-electron chi connectivity index (χ2n) is 6.92. The number of fused-ring (bicyclic) bond motifs is 1. The SMILES string of the molecule is O=C(CSc1nc2ccccc2c(=O)n1CCc1ccccc1)Nc1ccccc1Cl. The van der Waals surface area contributed by atoms with E-state index in [4.69, 9.17) is 11.6 Å². The van der Waals surface area contributed by atoms with E-state index in [2.05, 4.69) is 10.3 Å². The van der Waals surface area contributed by atoms with Crippen molar-refractivity contribution >= 4 is 45.9 Å². The molecule has 0 radical (unpaired) electrons. The first-order valence-electron chi connectivity index (χ1n) is 9.82. The molecule has 0 saturated carbocycles. The maximum atomic E-state index is 13.1. The highest BCUT2D eigenvalue weighted by Gasteiger charge is 2.14. The first-order chi connectivity index (χ1) is 15.1. The van der Waals surface area contributed by atoms with E-state index < -0.39 is 0 Å². The molecule has 0 aliphatic carbocycles. The van der Waals surface area contributed by atoms with Crippen LogP contribution in [0, 0.1) is 0 Å². The molecule has 31 heavy (non-hydrogen) atoms. The Kier molecular flexibility index (Phi) is 6.70. The molecule has 0 aliphatic rings. The van der Waals surface area contributed by atoms with Gasteiger partial charge in [0.25, 0.3) is 5.56 Å². The molecular weight excluding hydrogens is 430 g/mol. The first kappa shape index (κ1) is 21.2. The molecule has 5 nitrogen and oxygen atoms in total. The van der Waals surface area contributed by atoms with Crippen LogP contribution in [0.25, 0.3) is 10.9 Å². The number of para-hydroxylation sites is 2. The fourth-order valence-corrected chi connectivity index (χ4v) is 4.23. The summed E-state index contributed by atoms with van der Waals surface area (Å²) in [6, 6.07) is 24.3. The van der Waals surface area contributed by atoms with Gasteiger partial charge in [-0.05, 0) is 36.2 Å². The summed E-state index contributed by atoms with van der Waals surface area (Å²) in [5, 5.41) is 4.37. The molecule has 0 spiro atoms. The van der Waals surface area contributed by atoms with Crippen molar-refractivity contribution in [1.29, 1.82) is 0 Å². The Balaban J connectivity index is 1.57. The van der Waals surface area contributed by atoms with Crippen LogP contribution in [-0.4, -0.2) is 21.2 Å². The number of carbonyl (C=O) groups excluding carboxylic acids is 1. The lowest BCUT2D eigenvalue weighted by Crippen LogP contribution is -2.25. The zero-order valence-electron chi connectivity index (χ0n) is 16.6. The molecule has 7 heteroatoms. The highest BCUT2D eigenvalue weighted by atomic mass is 35.5. The standard InChI is InChI=1S/C24H20ClN3O2S/c25-19-11-5-7-13-21(19)26-22(29)16-31-24-27-20-12-6-4-10-18(20)23(30)28(24)15-14-17-8-2-1-3-9-17/h1-13H,14-16H2,(H,26,29). The smallest absolute Gasteiger partial charge is 0.262 e. The van der Waals surface area contributed by atoms with Gasteiger partial charge in [0.15, 0.2) is 5.16 Å². The Bertz CT molecular complexity index is 1270. The summed E-state index contributed by atoms with van der Waals surface area (Å²) >= 11 is 7.36. The van der Waals surface area contributed by atoms with Gasteiger partial charge in [-0.3, -0.25) is 14.2 Å². The summed E-state index contributed by atoms with van der Waals surface area (Å²) in [7, 11) is 0. The van der Waals surface area contributed by atoms with Gasteiger partial charge in [0, 0.05) is 6.54 Å². The van der Waals surface area contributed by atoms with Crippen molar-refractivity contribution in [2.75, 3.05) is 11.1 Å². The van der Waals surface area contributed by atoms with Crippen molar-refractivity contribution < 1.29 is 4.79 Å². The molecule has 156 valence electrons. The highest BCUT2D eigenvalue weighted by molar-refractivity contribution is 7.99. The van der Waals surface area contributed by atoms with Crippen LogP contribution in [0.15, 0.2) is 88.8 Å². The number of carbonyl (C=O) groups is 1. The number of aromatic nitrogens is 2. The van der Waals surface area contributed by atoms with Crippen LogP contribution in [0.4, 0.5) is 5.69 Å². The first-order valence-corrected chi connectivity index (χ1v) is 11.2. The van der Waals surface area contributed by atoms with Gasteiger partial charge in [-0.15, -0.1) is 0 Å². The second kappa shape index (κ2) is 9.81. The van der Waals surface area contributed by atoms with E-state index in [1.807, 2.05) is 48.5 Å². The Hall–Kier alpha value is -3.09. The summed E-state index contributed by atoms with van der Waals surface area (Å²) in [5.41, 5.74) is 2.21. The number of amides is 1. The summed E-state index contributed by atoms with van der Waals surface area (Å²) in [6.45, 7) is 0.481. The Morgan fingerprint density at radius 3 is 2.48 bits per heavy atom. The van der Waals surface area contributed by atoms with Crippen molar-refractivity contribution in [3.63, 3.8) is 0 Å². The molecule has 0 aliphatic heterocycles. The van der Waals surface area contributed by atoms with Crippen LogP contribution < -0.4 is 10.9 Å². The predicted octanol–water partition coefficient (Wildman–Crippen LogP) is 5.02. The van der Waals surface area contributed by atoms with E-state index in [1.165, 1.54) is 11.8 Å². The maximum Gasteiger partial charge on any atom is 0.262 e. The fraction of sp³-hybridized carbons (Fsp3) is 0.125. The van der Waals surface area contributed by atoms with E-state index in [0.29, 0.717) is 39.7 Å². The molecule has 4 aromatic rings. The minimum absolute atomic E-state index is 0.101. The van der Waals surface area contributed by atoms with Crippen molar-refractivity contribution in [3.05, 3.63) is 99.8 Å². The topological polar surface area (TPSA) is 64.0 Å². The Morgan fingerprint density at radius 1 is 0.968 bits per heavy atom. The fourth-order valence-electron chi connectivity index (χ4n) is 3.22. The van der Waals surface area contributed by atoms with Crippen LogP contribution in [0.2, 0.25) is 5.02 Å². The van der Waals surface area contributed by atoms with Crippen molar-refractivity contribution in [3.8, 4) is 0 Å². The number of anilines is 1. The van der Waals surface area contributed by atoms with Crippen molar-refractivity contribution in [2.24, 2.45) is 0 Å². The van der Waals surface area contributed by atoms with Gasteiger partial charge in [0.2, 0.25) is 5.91 Å². The normalized spacial score (nSPS) is 10.9. The predicted molar refractivity (Wildman–Crippen MR) is 127 cm³/mol. The van der Waals surface area contributed by atoms with Crippen LogP contribution >= 0.6 is 23.4 Å². The molecule has 1 N–H and O–H groups in total. The summed E-state index contributed by atoms with van der Waals surface area (Å²) in [4.78, 5) is 30.3. The molecule has 0 fully saturated rings. The Labute approximate surface area is 189 Å². The third-order valence-electron chi connectivity index (χ3n) is 4.77. The number of hydrogen-bond acceptors (Lipinski definition) is 4. The molecule has 1 aromatic heterocycles. The monoisotopic (exact) mass is 449 g/mol. The molecule has 1 amide bonds. The number of thioether (sulfide) groups is 1. The molecular formula is C24H20ClN3O2S. The van der Waals surface area contributed by atoms with Gasteiger partial charge >= 0.3 is 0 Å². The van der Waals surface area contributed by atoms with Crippen LogP contribution in [0.3, 0.4) is 0 Å². The lowest BCUT2D eigenvalue weighted by atomic mass is 10.1. The summed E-state index contributed by atoms with van der Waals surface area (Å²) in [6.07, 6.45) is 0.695. The lowest BCUT2D eigenvalue weighted by molar-refractivity contribution is -0.113.